The third-order valence-electron chi connectivity index (χ3n) is 2.17. The largest absolute Gasteiger partial charge is 0.330 e. The van der Waals surface area contributed by atoms with E-state index in [9.17, 15) is 4.57 Å². The third kappa shape index (κ3) is 3.26. The maximum atomic E-state index is 11.7. The number of hydrogen-bond acceptors (Lipinski definition) is 3. The van der Waals surface area contributed by atoms with Gasteiger partial charge in [-0.3, -0.25) is 4.57 Å². The molecule has 4 heteroatoms. The van der Waals surface area contributed by atoms with Gasteiger partial charge in [0, 0.05) is 13.3 Å². The van der Waals surface area contributed by atoms with Crippen LogP contribution in [0.5, 0.6) is 0 Å². The summed E-state index contributed by atoms with van der Waals surface area (Å²) in [6, 6.07) is 0. The smallest absolute Gasteiger partial charge is 0.312 e. The molecule has 13 heavy (non-hydrogen) atoms. The van der Waals surface area contributed by atoms with E-state index in [0.29, 0.717) is 6.16 Å². The first kappa shape index (κ1) is 11.0. The van der Waals surface area contributed by atoms with Crippen LogP contribution in [-0.4, -0.2) is 19.4 Å². The lowest BCUT2D eigenvalue weighted by atomic mass is 10.1. The van der Waals surface area contributed by atoms with Crippen molar-refractivity contribution in [3.63, 3.8) is 0 Å². The normalized spacial score (nSPS) is 27.1. The molecule has 1 aliphatic rings. The van der Waals surface area contributed by atoms with E-state index in [1.54, 1.807) is 0 Å². The molecular formula is C9H17O3P. The molecule has 0 N–H and O–H groups in total. The van der Waals surface area contributed by atoms with Gasteiger partial charge < -0.3 is 9.05 Å². The Morgan fingerprint density at radius 1 is 1.62 bits per heavy atom. The molecule has 1 rings (SSSR count). The second-order valence-electron chi connectivity index (χ2n) is 3.11. The lowest BCUT2D eigenvalue weighted by Crippen LogP contribution is -2.12. The fraction of sp³-hybridized carbons (Fsp3) is 0.778. The Labute approximate surface area is 79.7 Å². The van der Waals surface area contributed by atoms with Crippen molar-refractivity contribution < 1.29 is 13.6 Å². The molecule has 0 aromatic rings. The van der Waals surface area contributed by atoms with Crippen LogP contribution in [0.25, 0.3) is 0 Å². The predicted octanol–water partition coefficient (Wildman–Crippen LogP) is 2.97. The summed E-state index contributed by atoms with van der Waals surface area (Å²) in [6.07, 6.45) is 7.63. The highest BCUT2D eigenvalue weighted by Crippen LogP contribution is 2.48. The molecule has 0 saturated heterocycles. The van der Waals surface area contributed by atoms with Crippen LogP contribution < -0.4 is 0 Å². The van der Waals surface area contributed by atoms with Gasteiger partial charge in [-0.1, -0.05) is 19.1 Å². The van der Waals surface area contributed by atoms with E-state index in [0.717, 1.165) is 19.3 Å². The zero-order valence-electron chi connectivity index (χ0n) is 8.23. The van der Waals surface area contributed by atoms with Crippen molar-refractivity contribution in [3.8, 4) is 0 Å². The van der Waals surface area contributed by atoms with Crippen LogP contribution in [0.15, 0.2) is 12.2 Å². The maximum Gasteiger partial charge on any atom is 0.330 e. The van der Waals surface area contributed by atoms with Crippen molar-refractivity contribution in [1.29, 1.82) is 0 Å². The molecule has 0 bridgehead atoms. The third-order valence-corrected chi connectivity index (χ3v) is 4.09. The van der Waals surface area contributed by atoms with E-state index < -0.39 is 7.60 Å². The van der Waals surface area contributed by atoms with Gasteiger partial charge >= 0.3 is 7.60 Å². The molecule has 76 valence electrons. The molecule has 0 aromatic carbocycles. The van der Waals surface area contributed by atoms with Gasteiger partial charge in [0.15, 0.2) is 0 Å². The van der Waals surface area contributed by atoms with Gasteiger partial charge in [-0.15, -0.1) is 0 Å². The van der Waals surface area contributed by atoms with Crippen molar-refractivity contribution >= 4 is 7.60 Å². The first-order valence-electron chi connectivity index (χ1n) is 4.70. The summed E-state index contributed by atoms with van der Waals surface area (Å²) >= 11 is 0. The van der Waals surface area contributed by atoms with Crippen LogP contribution in [0.4, 0.5) is 0 Å². The molecule has 0 amide bonds. The second-order valence-corrected chi connectivity index (χ2v) is 5.54. The summed E-state index contributed by atoms with van der Waals surface area (Å²) < 4.78 is 22.1. The van der Waals surface area contributed by atoms with Crippen molar-refractivity contribution in [2.75, 3.05) is 13.3 Å². The van der Waals surface area contributed by atoms with Crippen LogP contribution in [0, 0.1) is 0 Å². The summed E-state index contributed by atoms with van der Waals surface area (Å²) in [7, 11) is -1.36. The molecular weight excluding hydrogens is 187 g/mol. The number of rotatable bonds is 4. The van der Waals surface area contributed by atoms with Crippen molar-refractivity contribution in [2.45, 2.75) is 32.3 Å². The van der Waals surface area contributed by atoms with Crippen LogP contribution in [0.3, 0.4) is 0 Å². The summed E-state index contributed by atoms with van der Waals surface area (Å²) in [5.41, 5.74) is 0. The average Bonchev–Trinajstić information content (AvgIpc) is 2.19. The van der Waals surface area contributed by atoms with Gasteiger partial charge in [-0.05, 0) is 19.3 Å². The van der Waals surface area contributed by atoms with Gasteiger partial charge in [0.05, 0.1) is 6.10 Å². The first-order valence-corrected chi connectivity index (χ1v) is 6.43. The molecule has 0 aromatic heterocycles. The molecule has 0 saturated carbocycles. The average molecular weight is 204 g/mol. The summed E-state index contributed by atoms with van der Waals surface area (Å²) in [5.74, 6) is 0. The lowest BCUT2D eigenvalue weighted by Gasteiger charge is -2.22. The minimum Gasteiger partial charge on any atom is -0.312 e. The fourth-order valence-corrected chi connectivity index (χ4v) is 2.40. The standard InChI is InChI=1S/C9H17O3P/c1-3-13(10,11-2)12-9-7-5-4-6-8-9/h5,7,9H,3-4,6,8H2,1-2H3. The van der Waals surface area contributed by atoms with E-state index >= 15 is 0 Å². The second kappa shape index (κ2) is 4.94. The zero-order valence-corrected chi connectivity index (χ0v) is 9.13. The van der Waals surface area contributed by atoms with E-state index in [1.807, 2.05) is 13.0 Å². The van der Waals surface area contributed by atoms with Crippen LogP contribution in [0.1, 0.15) is 26.2 Å². The van der Waals surface area contributed by atoms with Gasteiger partial charge in [-0.2, -0.15) is 0 Å². The van der Waals surface area contributed by atoms with Gasteiger partial charge in [0.2, 0.25) is 0 Å². The summed E-state index contributed by atoms with van der Waals surface area (Å²) in [5, 5.41) is 0. The maximum absolute atomic E-state index is 11.7. The Balaban J connectivity index is 2.50. The minimum absolute atomic E-state index is 0.0144. The molecule has 2 unspecified atom stereocenters. The minimum atomic E-state index is -2.80. The van der Waals surface area contributed by atoms with E-state index in [2.05, 4.69) is 6.08 Å². The predicted molar refractivity (Wildman–Crippen MR) is 53.0 cm³/mol. The Morgan fingerprint density at radius 3 is 2.85 bits per heavy atom. The molecule has 0 aliphatic heterocycles. The van der Waals surface area contributed by atoms with Crippen molar-refractivity contribution in [2.24, 2.45) is 0 Å². The highest BCUT2D eigenvalue weighted by molar-refractivity contribution is 7.53. The first-order chi connectivity index (χ1) is 6.20. The fourth-order valence-electron chi connectivity index (χ4n) is 1.32. The Morgan fingerprint density at radius 2 is 2.38 bits per heavy atom. The molecule has 3 nitrogen and oxygen atoms in total. The van der Waals surface area contributed by atoms with Gasteiger partial charge in [-0.25, -0.2) is 0 Å². The van der Waals surface area contributed by atoms with Crippen molar-refractivity contribution in [1.82, 2.24) is 0 Å². The molecule has 1 aliphatic carbocycles. The quantitative estimate of drug-likeness (QED) is 0.521. The SMILES string of the molecule is CCP(=O)(OC)OC1C=CCCC1. The monoisotopic (exact) mass is 204 g/mol. The highest BCUT2D eigenvalue weighted by atomic mass is 31.2. The number of allylic oxidation sites excluding steroid dienone is 1. The van der Waals surface area contributed by atoms with Crippen LogP contribution in [0.2, 0.25) is 0 Å². The van der Waals surface area contributed by atoms with Crippen LogP contribution >= 0.6 is 7.60 Å². The molecule has 0 spiro atoms. The van der Waals surface area contributed by atoms with E-state index in [4.69, 9.17) is 9.05 Å². The molecule has 0 fully saturated rings. The summed E-state index contributed by atoms with van der Waals surface area (Å²) in [4.78, 5) is 0. The Hall–Kier alpha value is -0.110. The zero-order chi connectivity index (χ0) is 9.73. The molecule has 0 radical (unpaired) electrons. The summed E-state index contributed by atoms with van der Waals surface area (Å²) in [6.45, 7) is 1.82. The molecule has 0 heterocycles. The van der Waals surface area contributed by atoms with E-state index in [-0.39, 0.29) is 6.10 Å². The van der Waals surface area contributed by atoms with E-state index in [1.165, 1.54) is 7.11 Å². The Kier molecular flexibility index (Phi) is 4.17. The van der Waals surface area contributed by atoms with Gasteiger partial charge in [0.25, 0.3) is 0 Å². The Bertz CT molecular complexity index is 217. The number of hydrogen-bond donors (Lipinski definition) is 0. The van der Waals surface area contributed by atoms with Gasteiger partial charge in [0.1, 0.15) is 0 Å². The lowest BCUT2D eigenvalue weighted by molar-refractivity contribution is 0.182. The molecule has 2 atom stereocenters. The topological polar surface area (TPSA) is 35.5 Å². The van der Waals surface area contributed by atoms with Crippen molar-refractivity contribution in [3.05, 3.63) is 12.2 Å². The highest BCUT2D eigenvalue weighted by Gasteiger charge is 2.24. The van der Waals surface area contributed by atoms with Crippen LogP contribution in [-0.2, 0) is 13.6 Å².